The molecule has 0 heterocycles. The Morgan fingerprint density at radius 3 is 2.28 bits per heavy atom. The molecule has 1 N–H and O–H groups in total. The molecule has 0 aliphatic carbocycles. The molecule has 0 bridgehead atoms. The van der Waals surface area contributed by atoms with Crippen LogP contribution in [-0.4, -0.2) is 28.4 Å². The number of benzene rings is 2. The van der Waals surface area contributed by atoms with Crippen LogP contribution in [0.1, 0.15) is 30.1 Å². The summed E-state index contributed by atoms with van der Waals surface area (Å²) < 4.78 is 38.0. The van der Waals surface area contributed by atoms with Crippen LogP contribution >= 0.6 is 0 Å². The van der Waals surface area contributed by atoms with Crippen molar-refractivity contribution >= 4 is 21.5 Å². The van der Waals surface area contributed by atoms with E-state index >= 15 is 0 Å². The Hall–Kier alpha value is -2.54. The molecule has 6 nitrogen and oxygen atoms in total. The zero-order valence-electron chi connectivity index (χ0n) is 14.4. The van der Waals surface area contributed by atoms with Gasteiger partial charge in [-0.1, -0.05) is 6.92 Å². The van der Waals surface area contributed by atoms with E-state index in [1.54, 1.807) is 30.3 Å². The molecule has 0 aliphatic heterocycles. The van der Waals surface area contributed by atoms with Crippen LogP contribution in [0, 0.1) is 0 Å². The minimum absolute atomic E-state index is 0.0273. The summed E-state index contributed by atoms with van der Waals surface area (Å²) in [5.74, 6) is 0.649. The maximum Gasteiger partial charge on any atom is 0.265 e. The Labute approximate surface area is 147 Å². The smallest absolute Gasteiger partial charge is 0.265 e. The minimum atomic E-state index is -3.87. The van der Waals surface area contributed by atoms with Gasteiger partial charge in [0.25, 0.3) is 10.0 Å². The monoisotopic (exact) mass is 363 g/mol. The Kier molecular flexibility index (Phi) is 6.03. The molecule has 0 aromatic heterocycles. The van der Waals surface area contributed by atoms with Crippen molar-refractivity contribution in [2.45, 2.75) is 24.7 Å². The van der Waals surface area contributed by atoms with Crippen molar-refractivity contribution < 1.29 is 22.7 Å². The summed E-state index contributed by atoms with van der Waals surface area (Å²) in [5.41, 5.74) is 0.918. The van der Waals surface area contributed by atoms with E-state index in [9.17, 15) is 13.2 Å². The molecule has 25 heavy (non-hydrogen) atoms. The lowest BCUT2D eigenvalue weighted by Crippen LogP contribution is -2.14. The minimum Gasteiger partial charge on any atom is -0.497 e. The first-order chi connectivity index (χ1) is 11.9. The van der Waals surface area contributed by atoms with E-state index in [2.05, 4.69) is 4.72 Å². The number of ether oxygens (including phenoxy) is 2. The molecular formula is C18H21NO5S. The van der Waals surface area contributed by atoms with E-state index in [0.29, 0.717) is 23.4 Å². The second kappa shape index (κ2) is 8.02. The standard InChI is InChI=1S/C18H21NO5S/c1-4-5-16(20)13-6-8-14(9-7-13)19-25(21,22)18-12-15(23-2)10-11-17(18)24-3/h6-12,19H,4-5H2,1-3H3. The predicted molar refractivity (Wildman–Crippen MR) is 96.0 cm³/mol. The molecule has 0 unspecified atom stereocenters. The Balaban J connectivity index is 2.28. The highest BCUT2D eigenvalue weighted by atomic mass is 32.2. The van der Waals surface area contributed by atoms with Crippen molar-refractivity contribution in [3.05, 3.63) is 48.0 Å². The molecular weight excluding hydrogens is 342 g/mol. The fourth-order valence-electron chi connectivity index (χ4n) is 2.30. The number of ketones is 1. The van der Waals surface area contributed by atoms with Gasteiger partial charge in [-0.05, 0) is 42.8 Å². The van der Waals surface area contributed by atoms with Crippen molar-refractivity contribution in [2.75, 3.05) is 18.9 Å². The summed E-state index contributed by atoms with van der Waals surface area (Å²) in [6.07, 6.45) is 1.23. The van der Waals surface area contributed by atoms with Gasteiger partial charge in [-0.3, -0.25) is 9.52 Å². The predicted octanol–water partition coefficient (Wildman–Crippen LogP) is 3.49. The van der Waals surface area contributed by atoms with E-state index in [4.69, 9.17) is 9.47 Å². The average molecular weight is 363 g/mol. The topological polar surface area (TPSA) is 81.7 Å². The third-order valence-electron chi connectivity index (χ3n) is 3.60. The van der Waals surface area contributed by atoms with Crippen molar-refractivity contribution in [1.29, 1.82) is 0 Å². The van der Waals surface area contributed by atoms with Gasteiger partial charge in [0.15, 0.2) is 5.78 Å². The molecule has 2 aromatic carbocycles. The second-order valence-electron chi connectivity index (χ2n) is 5.37. The summed E-state index contributed by atoms with van der Waals surface area (Å²) in [6, 6.07) is 10.9. The van der Waals surface area contributed by atoms with Crippen LogP contribution in [0.2, 0.25) is 0 Å². The van der Waals surface area contributed by atoms with Crippen molar-refractivity contribution in [1.82, 2.24) is 0 Å². The number of anilines is 1. The van der Waals surface area contributed by atoms with Crippen LogP contribution in [0.5, 0.6) is 11.5 Å². The van der Waals surface area contributed by atoms with E-state index in [1.807, 2.05) is 6.92 Å². The number of carbonyl (C=O) groups is 1. The molecule has 2 aromatic rings. The number of carbonyl (C=O) groups excluding carboxylic acids is 1. The normalized spacial score (nSPS) is 11.0. The number of hydrogen-bond acceptors (Lipinski definition) is 5. The quantitative estimate of drug-likeness (QED) is 0.726. The Morgan fingerprint density at radius 2 is 1.72 bits per heavy atom. The maximum atomic E-state index is 12.7. The first kappa shape index (κ1) is 18.8. The van der Waals surface area contributed by atoms with Gasteiger partial charge in [0.05, 0.1) is 14.2 Å². The zero-order chi connectivity index (χ0) is 18.4. The van der Waals surface area contributed by atoms with Gasteiger partial charge in [0, 0.05) is 23.7 Å². The molecule has 0 spiro atoms. The number of hydrogen-bond donors (Lipinski definition) is 1. The van der Waals surface area contributed by atoms with Crippen LogP contribution < -0.4 is 14.2 Å². The number of methoxy groups -OCH3 is 2. The van der Waals surface area contributed by atoms with E-state index in [-0.39, 0.29) is 16.4 Å². The maximum absolute atomic E-state index is 12.7. The van der Waals surface area contributed by atoms with Crippen LogP contribution in [0.4, 0.5) is 5.69 Å². The third-order valence-corrected chi connectivity index (χ3v) is 5.00. The highest BCUT2D eigenvalue weighted by Gasteiger charge is 2.21. The highest BCUT2D eigenvalue weighted by Crippen LogP contribution is 2.29. The molecule has 0 fully saturated rings. The van der Waals surface area contributed by atoms with E-state index in [0.717, 1.165) is 6.42 Å². The molecule has 2 rings (SSSR count). The summed E-state index contributed by atoms with van der Waals surface area (Å²) >= 11 is 0. The zero-order valence-corrected chi connectivity index (χ0v) is 15.2. The first-order valence-corrected chi connectivity index (χ1v) is 9.27. The number of sulfonamides is 1. The lowest BCUT2D eigenvalue weighted by molar-refractivity contribution is 0.0982. The lowest BCUT2D eigenvalue weighted by atomic mass is 10.1. The summed E-state index contributed by atoms with van der Waals surface area (Å²) in [4.78, 5) is 11.8. The fourth-order valence-corrected chi connectivity index (χ4v) is 3.54. The number of nitrogens with one attached hydrogen (secondary N) is 1. The van der Waals surface area contributed by atoms with Gasteiger partial charge in [0.2, 0.25) is 0 Å². The van der Waals surface area contributed by atoms with Gasteiger partial charge in [-0.25, -0.2) is 8.42 Å². The van der Waals surface area contributed by atoms with Crippen molar-refractivity contribution in [3.63, 3.8) is 0 Å². The lowest BCUT2D eigenvalue weighted by Gasteiger charge is -2.13. The van der Waals surface area contributed by atoms with Gasteiger partial charge < -0.3 is 9.47 Å². The molecule has 0 atom stereocenters. The van der Waals surface area contributed by atoms with Crippen LogP contribution in [0.25, 0.3) is 0 Å². The van der Waals surface area contributed by atoms with Crippen LogP contribution in [-0.2, 0) is 10.0 Å². The SMILES string of the molecule is CCCC(=O)c1ccc(NS(=O)(=O)c2cc(OC)ccc2OC)cc1. The molecule has 0 saturated heterocycles. The molecule has 0 amide bonds. The molecule has 134 valence electrons. The van der Waals surface area contributed by atoms with Gasteiger partial charge in [-0.2, -0.15) is 0 Å². The van der Waals surface area contributed by atoms with Crippen molar-refractivity contribution in [2.24, 2.45) is 0 Å². The number of Topliss-reactive ketones (excluding diaryl/α,β-unsaturated/α-hetero) is 1. The Morgan fingerprint density at radius 1 is 1.04 bits per heavy atom. The van der Waals surface area contributed by atoms with Gasteiger partial charge >= 0.3 is 0 Å². The summed E-state index contributed by atoms with van der Waals surface area (Å²) in [7, 11) is -1.02. The van der Waals surface area contributed by atoms with Crippen LogP contribution in [0.15, 0.2) is 47.4 Å². The number of rotatable bonds is 8. The molecule has 0 radical (unpaired) electrons. The molecule has 0 saturated carbocycles. The highest BCUT2D eigenvalue weighted by molar-refractivity contribution is 7.92. The summed E-state index contributed by atoms with van der Waals surface area (Å²) in [6.45, 7) is 1.93. The third kappa shape index (κ3) is 4.51. The molecule has 0 aliphatic rings. The summed E-state index contributed by atoms with van der Waals surface area (Å²) in [5, 5.41) is 0. The van der Waals surface area contributed by atoms with Gasteiger partial charge in [-0.15, -0.1) is 0 Å². The average Bonchev–Trinajstić information content (AvgIpc) is 2.61. The first-order valence-electron chi connectivity index (χ1n) is 7.79. The second-order valence-corrected chi connectivity index (χ2v) is 7.02. The van der Waals surface area contributed by atoms with E-state index in [1.165, 1.54) is 26.4 Å². The molecule has 7 heteroatoms. The van der Waals surface area contributed by atoms with E-state index < -0.39 is 10.0 Å². The van der Waals surface area contributed by atoms with Gasteiger partial charge in [0.1, 0.15) is 16.4 Å². The fraction of sp³-hybridized carbons (Fsp3) is 0.278. The van der Waals surface area contributed by atoms with Crippen LogP contribution in [0.3, 0.4) is 0 Å². The largest absolute Gasteiger partial charge is 0.497 e. The van der Waals surface area contributed by atoms with Crippen molar-refractivity contribution in [3.8, 4) is 11.5 Å². The Bertz CT molecular complexity index is 844.